The third-order valence-electron chi connectivity index (χ3n) is 3.14. The molecule has 1 aliphatic rings. The van der Waals surface area contributed by atoms with Gasteiger partial charge in [-0.25, -0.2) is 0 Å². The summed E-state index contributed by atoms with van der Waals surface area (Å²) in [5, 5.41) is 8.85. The first-order chi connectivity index (χ1) is 7.13. The highest BCUT2D eigenvalue weighted by Crippen LogP contribution is 2.27. The van der Waals surface area contributed by atoms with E-state index in [2.05, 4.69) is 13.8 Å². The number of rotatable bonds is 5. The van der Waals surface area contributed by atoms with Gasteiger partial charge in [0.05, 0.1) is 18.1 Å². The van der Waals surface area contributed by atoms with E-state index in [1.807, 2.05) is 0 Å². The largest absolute Gasteiger partial charge is 0.481 e. The van der Waals surface area contributed by atoms with E-state index in [0.717, 1.165) is 38.5 Å². The van der Waals surface area contributed by atoms with Gasteiger partial charge in [-0.2, -0.15) is 0 Å². The summed E-state index contributed by atoms with van der Waals surface area (Å²) in [5.74, 6) is -0.776. The zero-order valence-corrected chi connectivity index (χ0v) is 9.74. The third-order valence-corrected chi connectivity index (χ3v) is 3.14. The minimum atomic E-state index is -0.643. The summed E-state index contributed by atoms with van der Waals surface area (Å²) in [6.45, 7) is 4.26. The van der Waals surface area contributed by atoms with Gasteiger partial charge in [-0.3, -0.25) is 4.79 Å². The van der Waals surface area contributed by atoms with E-state index in [-0.39, 0.29) is 5.92 Å². The van der Waals surface area contributed by atoms with E-state index < -0.39 is 5.97 Å². The van der Waals surface area contributed by atoms with Crippen molar-refractivity contribution in [3.05, 3.63) is 0 Å². The summed E-state index contributed by atoms with van der Waals surface area (Å²) in [6, 6.07) is 0. The van der Waals surface area contributed by atoms with Crippen LogP contribution in [0.15, 0.2) is 0 Å². The molecule has 1 N–H and O–H groups in total. The van der Waals surface area contributed by atoms with Crippen molar-refractivity contribution in [1.82, 2.24) is 0 Å². The first-order valence-corrected chi connectivity index (χ1v) is 6.01. The second-order valence-corrected chi connectivity index (χ2v) is 4.55. The molecule has 0 spiro atoms. The molecule has 15 heavy (non-hydrogen) atoms. The Labute approximate surface area is 91.8 Å². The summed E-state index contributed by atoms with van der Waals surface area (Å²) >= 11 is 0. The SMILES string of the molecule is CCCC(C)OC1CCC(C(=O)O)CC1. The minimum absolute atomic E-state index is 0.133. The normalized spacial score (nSPS) is 28.7. The maximum absolute atomic E-state index is 10.7. The highest BCUT2D eigenvalue weighted by atomic mass is 16.5. The van der Waals surface area contributed by atoms with E-state index >= 15 is 0 Å². The Hall–Kier alpha value is -0.570. The number of carboxylic acids is 1. The van der Waals surface area contributed by atoms with Crippen LogP contribution in [0.5, 0.6) is 0 Å². The number of ether oxygens (including phenoxy) is 1. The Morgan fingerprint density at radius 2 is 2.00 bits per heavy atom. The molecule has 88 valence electrons. The van der Waals surface area contributed by atoms with Crippen LogP contribution in [-0.4, -0.2) is 23.3 Å². The van der Waals surface area contributed by atoms with Crippen LogP contribution in [0.2, 0.25) is 0 Å². The van der Waals surface area contributed by atoms with E-state index in [0.29, 0.717) is 12.2 Å². The van der Waals surface area contributed by atoms with Gasteiger partial charge in [0.15, 0.2) is 0 Å². The van der Waals surface area contributed by atoms with Crippen LogP contribution >= 0.6 is 0 Å². The Balaban J connectivity index is 2.22. The number of hydrogen-bond donors (Lipinski definition) is 1. The summed E-state index contributed by atoms with van der Waals surface area (Å²) in [7, 11) is 0. The molecule has 1 unspecified atom stereocenters. The van der Waals surface area contributed by atoms with Gasteiger partial charge in [-0.15, -0.1) is 0 Å². The summed E-state index contributed by atoms with van der Waals surface area (Å²) in [4.78, 5) is 10.7. The molecule has 1 rings (SSSR count). The van der Waals surface area contributed by atoms with Gasteiger partial charge in [-0.05, 0) is 39.0 Å². The molecule has 3 heteroatoms. The molecular weight excluding hydrogens is 192 g/mol. The smallest absolute Gasteiger partial charge is 0.306 e. The molecular formula is C12H22O3. The van der Waals surface area contributed by atoms with Gasteiger partial charge in [0.1, 0.15) is 0 Å². The Bertz CT molecular complexity index is 195. The van der Waals surface area contributed by atoms with E-state index in [1.54, 1.807) is 0 Å². The molecule has 3 nitrogen and oxygen atoms in total. The molecule has 0 amide bonds. The lowest BCUT2D eigenvalue weighted by Crippen LogP contribution is -2.28. The molecule has 0 aromatic carbocycles. The van der Waals surface area contributed by atoms with Crippen LogP contribution in [-0.2, 0) is 9.53 Å². The predicted molar refractivity (Wildman–Crippen MR) is 58.8 cm³/mol. The van der Waals surface area contributed by atoms with Gasteiger partial charge in [0.2, 0.25) is 0 Å². The molecule has 0 radical (unpaired) electrons. The number of aliphatic carboxylic acids is 1. The van der Waals surface area contributed by atoms with Gasteiger partial charge < -0.3 is 9.84 Å². The number of hydrogen-bond acceptors (Lipinski definition) is 2. The second-order valence-electron chi connectivity index (χ2n) is 4.55. The quantitative estimate of drug-likeness (QED) is 0.765. The van der Waals surface area contributed by atoms with Crippen molar-refractivity contribution in [2.75, 3.05) is 0 Å². The van der Waals surface area contributed by atoms with Crippen molar-refractivity contribution in [3.63, 3.8) is 0 Å². The molecule has 0 aromatic rings. The average Bonchev–Trinajstić information content (AvgIpc) is 2.18. The van der Waals surface area contributed by atoms with Crippen molar-refractivity contribution < 1.29 is 14.6 Å². The lowest BCUT2D eigenvalue weighted by atomic mass is 9.87. The zero-order chi connectivity index (χ0) is 11.3. The summed E-state index contributed by atoms with van der Waals surface area (Å²) in [6.07, 6.45) is 6.22. The van der Waals surface area contributed by atoms with Crippen LogP contribution in [0.25, 0.3) is 0 Å². The van der Waals surface area contributed by atoms with E-state index in [9.17, 15) is 4.79 Å². The Morgan fingerprint density at radius 3 is 2.47 bits per heavy atom. The van der Waals surface area contributed by atoms with E-state index in [4.69, 9.17) is 9.84 Å². The first-order valence-electron chi connectivity index (χ1n) is 6.01. The van der Waals surface area contributed by atoms with Crippen LogP contribution in [0.4, 0.5) is 0 Å². The van der Waals surface area contributed by atoms with Crippen molar-refractivity contribution >= 4 is 5.97 Å². The Kier molecular flexibility index (Phi) is 5.09. The zero-order valence-electron chi connectivity index (χ0n) is 9.74. The van der Waals surface area contributed by atoms with Crippen molar-refractivity contribution in [3.8, 4) is 0 Å². The number of carboxylic acid groups (broad SMARTS) is 1. The minimum Gasteiger partial charge on any atom is -0.481 e. The predicted octanol–water partition coefficient (Wildman–Crippen LogP) is 2.84. The molecule has 0 aromatic heterocycles. The molecule has 1 aliphatic carbocycles. The van der Waals surface area contributed by atoms with Crippen LogP contribution < -0.4 is 0 Å². The summed E-state index contributed by atoms with van der Waals surface area (Å²) < 4.78 is 5.87. The molecule has 1 fully saturated rings. The van der Waals surface area contributed by atoms with Gasteiger partial charge in [-0.1, -0.05) is 13.3 Å². The van der Waals surface area contributed by atoms with Crippen molar-refractivity contribution in [2.45, 2.75) is 64.6 Å². The van der Waals surface area contributed by atoms with Crippen molar-refractivity contribution in [2.24, 2.45) is 5.92 Å². The molecule has 0 heterocycles. The highest BCUT2D eigenvalue weighted by Gasteiger charge is 2.26. The van der Waals surface area contributed by atoms with Gasteiger partial charge in [0.25, 0.3) is 0 Å². The molecule has 0 saturated heterocycles. The van der Waals surface area contributed by atoms with Crippen LogP contribution in [0, 0.1) is 5.92 Å². The maximum atomic E-state index is 10.7. The maximum Gasteiger partial charge on any atom is 0.306 e. The molecule has 0 aliphatic heterocycles. The lowest BCUT2D eigenvalue weighted by Gasteiger charge is -2.28. The standard InChI is InChI=1S/C12H22O3/c1-3-4-9(2)15-11-7-5-10(6-8-11)12(13)14/h9-11H,3-8H2,1-2H3,(H,13,14). The average molecular weight is 214 g/mol. The van der Waals surface area contributed by atoms with Gasteiger partial charge >= 0.3 is 5.97 Å². The van der Waals surface area contributed by atoms with Crippen LogP contribution in [0.3, 0.4) is 0 Å². The van der Waals surface area contributed by atoms with Crippen LogP contribution in [0.1, 0.15) is 52.4 Å². The fourth-order valence-corrected chi connectivity index (χ4v) is 2.25. The summed E-state index contributed by atoms with van der Waals surface area (Å²) in [5.41, 5.74) is 0. The Morgan fingerprint density at radius 1 is 1.40 bits per heavy atom. The van der Waals surface area contributed by atoms with Crippen molar-refractivity contribution in [1.29, 1.82) is 0 Å². The van der Waals surface area contributed by atoms with Gasteiger partial charge in [0, 0.05) is 0 Å². The fraction of sp³-hybridized carbons (Fsp3) is 0.917. The second kappa shape index (κ2) is 6.11. The third kappa shape index (κ3) is 4.20. The monoisotopic (exact) mass is 214 g/mol. The lowest BCUT2D eigenvalue weighted by molar-refractivity contribution is -0.144. The fourth-order valence-electron chi connectivity index (χ4n) is 2.25. The first kappa shape index (κ1) is 12.5. The molecule has 1 atom stereocenters. The van der Waals surface area contributed by atoms with E-state index in [1.165, 1.54) is 0 Å². The molecule has 0 bridgehead atoms. The molecule has 1 saturated carbocycles. The highest BCUT2D eigenvalue weighted by molar-refractivity contribution is 5.70. The number of carbonyl (C=O) groups is 1. The topological polar surface area (TPSA) is 46.5 Å².